The first-order valence-corrected chi connectivity index (χ1v) is 9.10. The van der Waals surface area contributed by atoms with Crippen LogP contribution in [0.1, 0.15) is 51.0 Å². The zero-order valence-electron chi connectivity index (χ0n) is 14.5. The smallest absolute Gasteiger partial charge is 0.162 e. The Balaban J connectivity index is 0.00000182. The molecule has 1 aliphatic heterocycles. The minimum Gasteiger partial charge on any atom is -0.388 e. The molecule has 0 amide bonds. The van der Waals surface area contributed by atoms with E-state index in [1.165, 1.54) is 6.42 Å². The molecular weight excluding hydrogens is 340 g/mol. The molecule has 0 radical (unpaired) electrons. The molecule has 1 saturated carbocycles. The number of halogens is 1. The summed E-state index contributed by atoms with van der Waals surface area (Å²) < 4.78 is 4.01. The van der Waals surface area contributed by atoms with Crippen molar-refractivity contribution in [2.45, 2.75) is 63.1 Å². The second-order valence-electron chi connectivity index (χ2n) is 7.23. The maximum Gasteiger partial charge on any atom is 0.162 e. The normalized spacial score (nSPS) is 21.0. The quantitative estimate of drug-likeness (QED) is 0.866. The number of imidazole rings is 1. The van der Waals surface area contributed by atoms with Gasteiger partial charge in [-0.1, -0.05) is 24.5 Å². The van der Waals surface area contributed by atoms with Crippen molar-refractivity contribution in [3.63, 3.8) is 0 Å². The summed E-state index contributed by atoms with van der Waals surface area (Å²) >= 11 is 0. The van der Waals surface area contributed by atoms with Gasteiger partial charge in [0.1, 0.15) is 5.69 Å². The predicted octanol–water partition coefficient (Wildman–Crippen LogP) is 2.18. The van der Waals surface area contributed by atoms with Gasteiger partial charge in [-0.25, -0.2) is 9.67 Å². The standard InChI is InChI=1S/C17H26N6O.ClH/c24-17(6-2-1-3-7-17)13-22-11-10-19-16(22)15-12-23(21-20-15)14-4-8-18-9-5-14;/h10-12,14,18,24H,1-9,13H2;1H. The summed E-state index contributed by atoms with van der Waals surface area (Å²) in [7, 11) is 0. The van der Waals surface area contributed by atoms with Gasteiger partial charge in [0.05, 0.1) is 24.4 Å². The topological polar surface area (TPSA) is 80.8 Å². The van der Waals surface area contributed by atoms with Crippen LogP contribution in [-0.2, 0) is 6.54 Å². The third kappa shape index (κ3) is 4.04. The number of aromatic nitrogens is 5. The van der Waals surface area contributed by atoms with Crippen molar-refractivity contribution >= 4 is 12.4 Å². The third-order valence-corrected chi connectivity index (χ3v) is 5.39. The highest BCUT2D eigenvalue weighted by atomic mass is 35.5. The molecule has 0 unspecified atom stereocenters. The van der Waals surface area contributed by atoms with Gasteiger partial charge in [0.15, 0.2) is 5.82 Å². The van der Waals surface area contributed by atoms with Crippen LogP contribution in [0.3, 0.4) is 0 Å². The maximum absolute atomic E-state index is 10.8. The molecule has 25 heavy (non-hydrogen) atoms. The summed E-state index contributed by atoms with van der Waals surface area (Å²) in [4.78, 5) is 4.47. The van der Waals surface area contributed by atoms with Gasteiger partial charge in [0, 0.05) is 12.4 Å². The van der Waals surface area contributed by atoms with E-state index >= 15 is 0 Å². The van der Waals surface area contributed by atoms with E-state index in [1.54, 1.807) is 6.20 Å². The Hall–Kier alpha value is -1.44. The van der Waals surface area contributed by atoms with E-state index in [4.69, 9.17) is 0 Å². The van der Waals surface area contributed by atoms with Crippen LogP contribution in [0.2, 0.25) is 0 Å². The SMILES string of the molecule is Cl.OC1(Cn2ccnc2-c2cn(C3CCNCC3)nn2)CCCCC1. The van der Waals surface area contributed by atoms with Crippen LogP contribution in [-0.4, -0.2) is 48.3 Å². The molecule has 138 valence electrons. The highest BCUT2D eigenvalue weighted by Gasteiger charge is 2.30. The minimum atomic E-state index is -0.612. The van der Waals surface area contributed by atoms with Gasteiger partial charge in [-0.15, -0.1) is 17.5 Å². The average molecular weight is 367 g/mol. The van der Waals surface area contributed by atoms with Gasteiger partial charge in [-0.05, 0) is 38.8 Å². The van der Waals surface area contributed by atoms with Crippen LogP contribution >= 0.6 is 12.4 Å². The molecule has 7 nitrogen and oxygen atoms in total. The van der Waals surface area contributed by atoms with Gasteiger partial charge in [-0.2, -0.15) is 0 Å². The predicted molar refractivity (Wildman–Crippen MR) is 97.7 cm³/mol. The van der Waals surface area contributed by atoms with Gasteiger partial charge in [0.2, 0.25) is 0 Å². The first-order valence-electron chi connectivity index (χ1n) is 9.10. The van der Waals surface area contributed by atoms with Crippen LogP contribution in [0.5, 0.6) is 0 Å². The summed E-state index contributed by atoms with van der Waals surface area (Å²) in [6.07, 6.45) is 13.0. The summed E-state index contributed by atoms with van der Waals surface area (Å²) in [6.45, 7) is 2.64. The Morgan fingerprint density at radius 1 is 1.20 bits per heavy atom. The Kier molecular flexibility index (Phi) is 5.76. The average Bonchev–Trinajstić information content (AvgIpc) is 3.25. The van der Waals surface area contributed by atoms with Crippen molar-refractivity contribution in [1.82, 2.24) is 29.9 Å². The van der Waals surface area contributed by atoms with E-state index in [1.807, 2.05) is 21.6 Å². The molecule has 0 aromatic carbocycles. The Morgan fingerprint density at radius 2 is 1.96 bits per heavy atom. The molecule has 2 fully saturated rings. The molecule has 8 heteroatoms. The fourth-order valence-corrected chi connectivity index (χ4v) is 3.98. The van der Waals surface area contributed by atoms with E-state index in [0.29, 0.717) is 12.6 Å². The lowest BCUT2D eigenvalue weighted by atomic mass is 9.85. The van der Waals surface area contributed by atoms with E-state index in [-0.39, 0.29) is 12.4 Å². The first kappa shape index (κ1) is 18.4. The number of nitrogens with zero attached hydrogens (tertiary/aromatic N) is 5. The monoisotopic (exact) mass is 366 g/mol. The van der Waals surface area contributed by atoms with Crippen molar-refractivity contribution in [3.8, 4) is 11.5 Å². The lowest BCUT2D eigenvalue weighted by Gasteiger charge is -2.32. The lowest BCUT2D eigenvalue weighted by Crippen LogP contribution is -2.36. The Bertz CT molecular complexity index is 672. The molecule has 1 aliphatic carbocycles. The van der Waals surface area contributed by atoms with Crippen LogP contribution in [0, 0.1) is 0 Å². The maximum atomic E-state index is 10.8. The zero-order chi connectivity index (χ0) is 16.4. The molecule has 2 N–H and O–H groups in total. The van der Waals surface area contributed by atoms with Crippen LogP contribution < -0.4 is 5.32 Å². The summed E-state index contributed by atoms with van der Waals surface area (Å²) in [5.41, 5.74) is 0.177. The number of rotatable bonds is 4. The van der Waals surface area contributed by atoms with Gasteiger partial charge < -0.3 is 15.0 Å². The van der Waals surface area contributed by atoms with Crippen molar-refractivity contribution in [2.24, 2.45) is 0 Å². The largest absolute Gasteiger partial charge is 0.388 e. The molecule has 1 saturated heterocycles. The number of aliphatic hydroxyl groups is 1. The summed E-state index contributed by atoms with van der Waals surface area (Å²) in [5, 5.41) is 22.9. The molecule has 0 bridgehead atoms. The van der Waals surface area contributed by atoms with Crippen LogP contribution in [0.15, 0.2) is 18.6 Å². The molecule has 0 spiro atoms. The van der Waals surface area contributed by atoms with Crippen LogP contribution in [0.4, 0.5) is 0 Å². The van der Waals surface area contributed by atoms with Crippen molar-refractivity contribution in [2.75, 3.05) is 13.1 Å². The lowest BCUT2D eigenvalue weighted by molar-refractivity contribution is -0.0111. The number of nitrogens with one attached hydrogen (secondary N) is 1. The van der Waals surface area contributed by atoms with Gasteiger partial charge in [0.25, 0.3) is 0 Å². The number of hydrogen-bond acceptors (Lipinski definition) is 5. The van der Waals surface area contributed by atoms with Gasteiger partial charge in [-0.3, -0.25) is 0 Å². The van der Waals surface area contributed by atoms with E-state index < -0.39 is 5.60 Å². The fraction of sp³-hybridized carbons (Fsp3) is 0.706. The Labute approximate surface area is 154 Å². The summed E-state index contributed by atoms with van der Waals surface area (Å²) in [5.74, 6) is 0.800. The first-order chi connectivity index (χ1) is 11.7. The van der Waals surface area contributed by atoms with Crippen LogP contribution in [0.25, 0.3) is 11.5 Å². The molecule has 0 atom stereocenters. The molecule has 3 heterocycles. The van der Waals surface area contributed by atoms with E-state index in [2.05, 4.69) is 20.6 Å². The molecule has 2 aromatic heterocycles. The second kappa shape index (κ2) is 7.85. The molecule has 4 rings (SSSR count). The highest BCUT2D eigenvalue weighted by molar-refractivity contribution is 5.85. The Morgan fingerprint density at radius 3 is 2.72 bits per heavy atom. The molecule has 2 aromatic rings. The fourth-order valence-electron chi connectivity index (χ4n) is 3.98. The van der Waals surface area contributed by atoms with Crippen molar-refractivity contribution < 1.29 is 5.11 Å². The van der Waals surface area contributed by atoms with Gasteiger partial charge >= 0.3 is 0 Å². The molecule has 2 aliphatic rings. The van der Waals surface area contributed by atoms with E-state index in [9.17, 15) is 5.11 Å². The highest BCUT2D eigenvalue weighted by Crippen LogP contribution is 2.31. The van der Waals surface area contributed by atoms with Crippen molar-refractivity contribution in [1.29, 1.82) is 0 Å². The second-order valence-corrected chi connectivity index (χ2v) is 7.23. The number of hydrogen-bond donors (Lipinski definition) is 2. The van der Waals surface area contributed by atoms with E-state index in [0.717, 1.165) is 63.1 Å². The zero-order valence-corrected chi connectivity index (χ0v) is 15.3. The molecular formula is C17H27ClN6O. The summed E-state index contributed by atoms with van der Waals surface area (Å²) in [6, 6.07) is 0.415. The third-order valence-electron chi connectivity index (χ3n) is 5.39. The number of piperidine rings is 1. The minimum absolute atomic E-state index is 0. The van der Waals surface area contributed by atoms with Crippen molar-refractivity contribution in [3.05, 3.63) is 18.6 Å².